The van der Waals surface area contributed by atoms with E-state index in [1.54, 1.807) is 18.0 Å². The smallest absolute Gasteiger partial charge is 0.381 e. The van der Waals surface area contributed by atoms with E-state index in [1.807, 2.05) is 13.0 Å². The van der Waals surface area contributed by atoms with Crippen LogP contribution >= 0.6 is 11.3 Å². The average molecular weight is 446 g/mol. The number of aryl methyl sites for hydroxylation is 1. The topological polar surface area (TPSA) is 133 Å². The normalized spacial score (nSPS) is 18.2. The molecule has 0 aliphatic heterocycles. The summed E-state index contributed by atoms with van der Waals surface area (Å²) in [5.41, 5.74) is 0.505. The number of nitrogens with zero attached hydrogens (tertiary/aromatic N) is 4. The number of hydrogen-bond donors (Lipinski definition) is 2. The van der Waals surface area contributed by atoms with Crippen LogP contribution in [0.15, 0.2) is 27.5 Å². The molecule has 0 saturated heterocycles. The largest absolute Gasteiger partial charge is 0.488 e. The van der Waals surface area contributed by atoms with Crippen LogP contribution in [0, 0.1) is 6.92 Å². The first-order valence-electron chi connectivity index (χ1n) is 9.67. The van der Waals surface area contributed by atoms with Crippen molar-refractivity contribution in [2.75, 3.05) is 24.9 Å². The van der Waals surface area contributed by atoms with Gasteiger partial charge in [0.15, 0.2) is 5.76 Å². The summed E-state index contributed by atoms with van der Waals surface area (Å²) in [5, 5.41) is 18.8. The number of rotatable bonds is 7. The molecule has 0 bridgehead atoms. The number of amides is 1. The molecule has 1 fully saturated rings. The Bertz CT molecular complexity index is 1140. The Hall–Kier alpha value is -3.25. The van der Waals surface area contributed by atoms with E-state index < -0.39 is 11.5 Å². The van der Waals surface area contributed by atoms with Crippen LogP contribution in [0.5, 0.6) is 5.75 Å². The van der Waals surface area contributed by atoms with Crippen LogP contribution in [0.2, 0.25) is 0 Å². The minimum Gasteiger partial charge on any atom is -0.488 e. The lowest BCUT2D eigenvalue weighted by atomic mass is 10.2. The summed E-state index contributed by atoms with van der Waals surface area (Å²) in [6, 6.07) is 3.28. The second-order valence-corrected chi connectivity index (χ2v) is 7.99. The molecule has 0 aromatic carbocycles. The molecule has 0 radical (unpaired) electrons. The highest BCUT2D eigenvalue weighted by atomic mass is 32.1. The second kappa shape index (κ2) is 8.86. The summed E-state index contributed by atoms with van der Waals surface area (Å²) in [6.45, 7) is 1.88. The molecule has 11 nitrogen and oxygen atoms in total. The van der Waals surface area contributed by atoms with Gasteiger partial charge in [-0.2, -0.15) is 5.10 Å². The highest BCUT2D eigenvalue weighted by molar-refractivity contribution is 7.17. The van der Waals surface area contributed by atoms with E-state index >= 15 is 0 Å². The minimum absolute atomic E-state index is 0.000331. The van der Waals surface area contributed by atoms with Gasteiger partial charge in [-0.15, -0.1) is 10.2 Å². The molecule has 3 aromatic heterocycles. The van der Waals surface area contributed by atoms with Gasteiger partial charge in [0, 0.05) is 25.1 Å². The van der Waals surface area contributed by atoms with Crippen LogP contribution < -0.4 is 21.0 Å². The maximum atomic E-state index is 12.7. The molecule has 3 heterocycles. The van der Waals surface area contributed by atoms with Gasteiger partial charge in [-0.25, -0.2) is 9.48 Å². The van der Waals surface area contributed by atoms with E-state index in [-0.39, 0.29) is 28.8 Å². The Balaban J connectivity index is 1.55. The summed E-state index contributed by atoms with van der Waals surface area (Å²) < 4.78 is 17.5. The van der Waals surface area contributed by atoms with Crippen molar-refractivity contribution in [1.82, 2.24) is 20.0 Å². The zero-order valence-electron chi connectivity index (χ0n) is 17.2. The van der Waals surface area contributed by atoms with Gasteiger partial charge in [0.1, 0.15) is 0 Å². The zero-order valence-corrected chi connectivity index (χ0v) is 18.1. The molecule has 12 heteroatoms. The van der Waals surface area contributed by atoms with E-state index in [0.717, 1.165) is 36.3 Å². The fourth-order valence-corrected chi connectivity index (χ4v) is 4.31. The average Bonchev–Trinajstić information content (AvgIpc) is 3.49. The van der Waals surface area contributed by atoms with Crippen molar-refractivity contribution < 1.29 is 18.7 Å². The molecule has 164 valence electrons. The van der Waals surface area contributed by atoms with E-state index in [4.69, 9.17) is 13.9 Å². The van der Waals surface area contributed by atoms with E-state index in [2.05, 4.69) is 25.9 Å². The molecule has 2 atom stereocenters. The molecule has 0 spiro atoms. The Morgan fingerprint density at radius 3 is 2.87 bits per heavy atom. The lowest BCUT2D eigenvalue weighted by molar-refractivity contribution is 0.0990. The van der Waals surface area contributed by atoms with Crippen LogP contribution in [-0.4, -0.2) is 52.3 Å². The lowest BCUT2D eigenvalue weighted by Gasteiger charge is -2.21. The van der Waals surface area contributed by atoms with Crippen LogP contribution in [0.3, 0.4) is 0 Å². The van der Waals surface area contributed by atoms with Crippen LogP contribution in [0.4, 0.5) is 10.8 Å². The van der Waals surface area contributed by atoms with Crippen molar-refractivity contribution in [3.8, 4) is 10.9 Å². The fourth-order valence-electron chi connectivity index (χ4n) is 3.55. The van der Waals surface area contributed by atoms with Gasteiger partial charge in [-0.1, -0.05) is 11.3 Å². The van der Waals surface area contributed by atoms with Gasteiger partial charge in [0.25, 0.3) is 5.91 Å². The Morgan fingerprint density at radius 2 is 2.16 bits per heavy atom. The fraction of sp³-hybridized carbons (Fsp3) is 0.421. The molecular formula is C19H22N6O5S. The summed E-state index contributed by atoms with van der Waals surface area (Å²) in [6.07, 6.45) is 4.46. The highest BCUT2D eigenvalue weighted by Crippen LogP contribution is 2.29. The summed E-state index contributed by atoms with van der Waals surface area (Å²) >= 11 is 1.14. The lowest BCUT2D eigenvalue weighted by Crippen LogP contribution is -2.30. The Morgan fingerprint density at radius 1 is 1.32 bits per heavy atom. The van der Waals surface area contributed by atoms with Gasteiger partial charge in [0.05, 0.1) is 24.9 Å². The molecule has 3 aromatic rings. The minimum atomic E-state index is -0.755. The van der Waals surface area contributed by atoms with Crippen LogP contribution in [0.1, 0.15) is 35.5 Å². The molecule has 1 unspecified atom stereocenters. The van der Waals surface area contributed by atoms with E-state index in [1.165, 1.54) is 13.2 Å². The van der Waals surface area contributed by atoms with Gasteiger partial charge >= 0.3 is 5.63 Å². The number of carbonyl (C=O) groups is 1. The van der Waals surface area contributed by atoms with Gasteiger partial charge in [-0.05, 0) is 32.3 Å². The molecular weight excluding hydrogens is 424 g/mol. The van der Waals surface area contributed by atoms with Crippen LogP contribution in [0.25, 0.3) is 5.13 Å². The number of nitrogens with one attached hydrogen (secondary N) is 2. The predicted octanol–water partition coefficient (Wildman–Crippen LogP) is 2.23. The maximum Gasteiger partial charge on any atom is 0.381 e. The summed E-state index contributed by atoms with van der Waals surface area (Å²) in [7, 11) is 3.03. The number of carbonyl (C=O) groups excluding carboxylic acids is 1. The SMILES string of the molecule is COc1c(NC2CCC[C@H]2OC)cc(C(=O)Nc2nnc(-n3nccc3C)s2)oc1=O. The van der Waals surface area contributed by atoms with Crippen molar-refractivity contribution in [1.29, 1.82) is 0 Å². The Labute approximate surface area is 181 Å². The number of aromatic nitrogens is 4. The molecule has 1 amide bonds. The van der Waals surface area contributed by atoms with E-state index in [9.17, 15) is 9.59 Å². The Kier molecular flexibility index (Phi) is 6.00. The highest BCUT2D eigenvalue weighted by Gasteiger charge is 2.29. The number of ether oxygens (including phenoxy) is 2. The number of hydrogen-bond acceptors (Lipinski definition) is 10. The van der Waals surface area contributed by atoms with E-state index in [0.29, 0.717) is 10.8 Å². The maximum absolute atomic E-state index is 12.7. The number of methoxy groups -OCH3 is 2. The molecule has 31 heavy (non-hydrogen) atoms. The summed E-state index contributed by atoms with van der Waals surface area (Å²) in [4.78, 5) is 25.1. The van der Waals surface area contributed by atoms with Gasteiger partial charge in [-0.3, -0.25) is 10.1 Å². The van der Waals surface area contributed by atoms with Crippen molar-refractivity contribution in [3.63, 3.8) is 0 Å². The molecule has 1 aliphatic carbocycles. The van der Waals surface area contributed by atoms with Gasteiger partial charge < -0.3 is 19.2 Å². The molecule has 1 saturated carbocycles. The third-order valence-electron chi connectivity index (χ3n) is 5.08. The number of anilines is 2. The van der Waals surface area contributed by atoms with Crippen molar-refractivity contribution in [2.24, 2.45) is 0 Å². The predicted molar refractivity (Wildman–Crippen MR) is 113 cm³/mol. The first-order valence-corrected chi connectivity index (χ1v) is 10.5. The monoisotopic (exact) mass is 446 g/mol. The van der Waals surface area contributed by atoms with Gasteiger partial charge in [0.2, 0.25) is 16.0 Å². The first-order chi connectivity index (χ1) is 15.0. The first kappa shape index (κ1) is 21.0. The zero-order chi connectivity index (χ0) is 22.0. The van der Waals surface area contributed by atoms with Crippen molar-refractivity contribution in [2.45, 2.75) is 38.3 Å². The van der Waals surface area contributed by atoms with Crippen LogP contribution in [-0.2, 0) is 4.74 Å². The molecule has 2 N–H and O–H groups in total. The second-order valence-electron chi connectivity index (χ2n) is 7.03. The van der Waals surface area contributed by atoms with Crippen molar-refractivity contribution in [3.05, 3.63) is 40.2 Å². The standard InChI is InChI=1S/C19H22N6O5S/c1-10-7-8-20-25(10)19-24-23-18(31-19)22-16(26)14-9-12(15(29-3)17(27)30-14)21-11-5-4-6-13(11)28-2/h7-9,11,13,21H,4-6H2,1-3H3,(H,22,23,26)/t11?,13-/m1/s1. The summed E-state index contributed by atoms with van der Waals surface area (Å²) in [5.74, 6) is -0.796. The third-order valence-corrected chi connectivity index (χ3v) is 5.89. The molecule has 1 aliphatic rings. The quantitative estimate of drug-likeness (QED) is 0.560. The van der Waals surface area contributed by atoms with Crippen molar-refractivity contribution >= 4 is 28.1 Å². The third kappa shape index (κ3) is 4.30. The molecule has 4 rings (SSSR count).